The zero-order chi connectivity index (χ0) is 16.6. The monoisotopic (exact) mass is 331 g/mol. The average molecular weight is 331 g/mol. The van der Waals surface area contributed by atoms with Crippen LogP contribution in [0.15, 0.2) is 43.0 Å². The molecule has 24 heavy (non-hydrogen) atoms. The quantitative estimate of drug-likeness (QED) is 0.738. The first-order valence-electron chi connectivity index (χ1n) is 8.35. The van der Waals surface area contributed by atoms with Gasteiger partial charge in [0.1, 0.15) is 12.4 Å². The Hall–Kier alpha value is -1.89. The molecule has 3 rings (SSSR count). The Bertz CT molecular complexity index is 580. The van der Waals surface area contributed by atoms with E-state index in [4.69, 9.17) is 14.2 Å². The standard InChI is InChI=1S/C18H25N3O3/c1-20(13-18-14-22-10-11-24-18)12-16-2-4-17(5-3-16)23-9-8-21-7-6-19-15-21/h2-7,15,18H,8-14H2,1H3/t18-/m1/s1. The van der Waals surface area contributed by atoms with Crippen molar-refractivity contribution in [3.63, 3.8) is 0 Å². The summed E-state index contributed by atoms with van der Waals surface area (Å²) >= 11 is 0. The molecule has 0 saturated carbocycles. The Labute approximate surface area is 143 Å². The second kappa shape index (κ2) is 8.82. The van der Waals surface area contributed by atoms with Crippen LogP contribution in [0.2, 0.25) is 0 Å². The van der Waals surface area contributed by atoms with Crippen LogP contribution < -0.4 is 4.74 Å². The van der Waals surface area contributed by atoms with Gasteiger partial charge in [-0.25, -0.2) is 4.98 Å². The van der Waals surface area contributed by atoms with Crippen molar-refractivity contribution in [1.29, 1.82) is 0 Å². The number of nitrogens with zero attached hydrogens (tertiary/aromatic N) is 3. The summed E-state index contributed by atoms with van der Waals surface area (Å²) in [6.45, 7) is 5.29. The lowest BCUT2D eigenvalue weighted by Gasteiger charge is -2.27. The molecule has 1 aromatic carbocycles. The van der Waals surface area contributed by atoms with Crippen LogP contribution in [0.4, 0.5) is 0 Å². The highest BCUT2D eigenvalue weighted by molar-refractivity contribution is 5.27. The van der Waals surface area contributed by atoms with Gasteiger partial charge in [-0.3, -0.25) is 4.90 Å². The van der Waals surface area contributed by atoms with E-state index in [1.54, 1.807) is 12.5 Å². The maximum atomic E-state index is 5.76. The van der Waals surface area contributed by atoms with E-state index in [1.165, 1.54) is 5.56 Å². The maximum Gasteiger partial charge on any atom is 0.119 e. The predicted octanol–water partition coefficient (Wildman–Crippen LogP) is 1.81. The Morgan fingerprint density at radius 3 is 2.88 bits per heavy atom. The molecule has 0 bridgehead atoms. The fourth-order valence-electron chi connectivity index (χ4n) is 2.74. The van der Waals surface area contributed by atoms with Crippen molar-refractivity contribution in [2.75, 3.05) is 40.0 Å². The number of rotatable bonds is 8. The van der Waals surface area contributed by atoms with Crippen molar-refractivity contribution in [3.8, 4) is 5.75 Å². The molecule has 0 spiro atoms. The molecule has 2 aromatic rings. The topological polar surface area (TPSA) is 48.8 Å². The molecule has 1 aliphatic rings. The molecule has 6 heteroatoms. The van der Waals surface area contributed by atoms with Crippen LogP contribution in [0.3, 0.4) is 0 Å². The van der Waals surface area contributed by atoms with Gasteiger partial charge in [-0.05, 0) is 24.7 Å². The van der Waals surface area contributed by atoms with Gasteiger partial charge in [-0.15, -0.1) is 0 Å². The van der Waals surface area contributed by atoms with Crippen molar-refractivity contribution in [2.24, 2.45) is 0 Å². The summed E-state index contributed by atoms with van der Waals surface area (Å²) in [6, 6.07) is 8.27. The molecule has 0 N–H and O–H groups in total. The van der Waals surface area contributed by atoms with E-state index in [2.05, 4.69) is 29.1 Å². The highest BCUT2D eigenvalue weighted by Gasteiger charge is 2.16. The van der Waals surface area contributed by atoms with Gasteiger partial charge < -0.3 is 18.8 Å². The number of benzene rings is 1. The third-order valence-corrected chi connectivity index (χ3v) is 3.95. The Morgan fingerprint density at radius 1 is 1.29 bits per heavy atom. The third-order valence-electron chi connectivity index (χ3n) is 3.95. The van der Waals surface area contributed by atoms with E-state index in [-0.39, 0.29) is 6.10 Å². The Morgan fingerprint density at radius 2 is 2.17 bits per heavy atom. The number of hydrogen-bond donors (Lipinski definition) is 0. The molecule has 1 fully saturated rings. The largest absolute Gasteiger partial charge is 0.492 e. The maximum absolute atomic E-state index is 5.76. The summed E-state index contributed by atoms with van der Waals surface area (Å²) in [5.74, 6) is 0.894. The van der Waals surface area contributed by atoms with E-state index >= 15 is 0 Å². The molecule has 1 aromatic heterocycles. The number of hydrogen-bond acceptors (Lipinski definition) is 5. The highest BCUT2D eigenvalue weighted by Crippen LogP contribution is 2.14. The van der Waals surface area contributed by atoms with Gasteiger partial charge in [-0.2, -0.15) is 0 Å². The lowest BCUT2D eigenvalue weighted by molar-refractivity contribution is -0.0962. The molecule has 0 unspecified atom stereocenters. The summed E-state index contributed by atoms with van der Waals surface area (Å²) in [5, 5.41) is 0. The molecule has 2 heterocycles. The average Bonchev–Trinajstić information content (AvgIpc) is 3.11. The zero-order valence-electron chi connectivity index (χ0n) is 14.1. The molecule has 0 amide bonds. The second-order valence-corrected chi connectivity index (χ2v) is 6.06. The van der Waals surface area contributed by atoms with Crippen LogP contribution >= 0.6 is 0 Å². The van der Waals surface area contributed by atoms with E-state index < -0.39 is 0 Å². The number of imidazole rings is 1. The van der Waals surface area contributed by atoms with Crippen LogP contribution in [-0.2, 0) is 22.6 Å². The van der Waals surface area contributed by atoms with Crippen molar-refractivity contribution < 1.29 is 14.2 Å². The molecular weight excluding hydrogens is 306 g/mol. The van der Waals surface area contributed by atoms with E-state index in [9.17, 15) is 0 Å². The molecule has 6 nitrogen and oxygen atoms in total. The Kier molecular flexibility index (Phi) is 6.23. The van der Waals surface area contributed by atoms with Gasteiger partial charge in [0.05, 0.1) is 38.8 Å². The molecule has 0 radical (unpaired) electrons. The zero-order valence-corrected chi connectivity index (χ0v) is 14.1. The predicted molar refractivity (Wildman–Crippen MR) is 91.1 cm³/mol. The first kappa shape index (κ1) is 17.0. The molecule has 1 saturated heterocycles. The van der Waals surface area contributed by atoms with E-state index in [0.717, 1.165) is 25.4 Å². The summed E-state index contributed by atoms with van der Waals surface area (Å²) in [5.41, 5.74) is 1.26. The van der Waals surface area contributed by atoms with Gasteiger partial charge in [0.15, 0.2) is 0 Å². The summed E-state index contributed by atoms with van der Waals surface area (Å²) in [6.07, 6.45) is 5.68. The van der Waals surface area contributed by atoms with E-state index in [1.807, 2.05) is 22.9 Å². The molecule has 130 valence electrons. The SMILES string of the molecule is CN(Cc1ccc(OCCn2ccnc2)cc1)C[C@@H]1COCCO1. The van der Waals surface area contributed by atoms with Crippen LogP contribution in [0.25, 0.3) is 0 Å². The normalized spacial score (nSPS) is 18.0. The molecule has 0 aliphatic carbocycles. The number of aromatic nitrogens is 2. The summed E-state index contributed by atoms with van der Waals surface area (Å²) < 4.78 is 18.9. The molecule has 1 aliphatic heterocycles. The second-order valence-electron chi connectivity index (χ2n) is 6.06. The van der Waals surface area contributed by atoms with Crippen LogP contribution in [0.5, 0.6) is 5.75 Å². The minimum atomic E-state index is 0.175. The van der Waals surface area contributed by atoms with Gasteiger partial charge in [0, 0.05) is 25.5 Å². The third kappa shape index (κ3) is 5.33. The first-order valence-corrected chi connectivity index (χ1v) is 8.35. The lowest BCUT2D eigenvalue weighted by atomic mass is 10.2. The fraction of sp³-hybridized carbons (Fsp3) is 0.500. The summed E-state index contributed by atoms with van der Waals surface area (Å²) in [4.78, 5) is 6.27. The number of likely N-dealkylation sites (N-methyl/N-ethyl adjacent to an activating group) is 1. The van der Waals surface area contributed by atoms with Crippen LogP contribution in [0.1, 0.15) is 5.56 Å². The van der Waals surface area contributed by atoms with Crippen LogP contribution in [-0.4, -0.2) is 60.6 Å². The highest BCUT2D eigenvalue weighted by atomic mass is 16.6. The van der Waals surface area contributed by atoms with E-state index in [0.29, 0.717) is 26.4 Å². The minimum absolute atomic E-state index is 0.175. The molecular formula is C18H25N3O3. The smallest absolute Gasteiger partial charge is 0.119 e. The van der Waals surface area contributed by atoms with Gasteiger partial charge in [-0.1, -0.05) is 12.1 Å². The van der Waals surface area contributed by atoms with Crippen molar-refractivity contribution in [2.45, 2.75) is 19.2 Å². The summed E-state index contributed by atoms with van der Waals surface area (Å²) in [7, 11) is 2.10. The molecule has 1 atom stereocenters. The van der Waals surface area contributed by atoms with Gasteiger partial charge >= 0.3 is 0 Å². The van der Waals surface area contributed by atoms with Crippen molar-refractivity contribution >= 4 is 0 Å². The lowest BCUT2D eigenvalue weighted by Crippen LogP contribution is -2.38. The van der Waals surface area contributed by atoms with Crippen molar-refractivity contribution in [3.05, 3.63) is 48.5 Å². The minimum Gasteiger partial charge on any atom is -0.492 e. The number of ether oxygens (including phenoxy) is 3. The van der Waals surface area contributed by atoms with Crippen molar-refractivity contribution in [1.82, 2.24) is 14.5 Å². The van der Waals surface area contributed by atoms with Gasteiger partial charge in [0.2, 0.25) is 0 Å². The van der Waals surface area contributed by atoms with Crippen LogP contribution in [0, 0.1) is 0 Å². The Balaban J connectivity index is 1.40. The first-order chi connectivity index (χ1) is 11.8. The van der Waals surface area contributed by atoms with Gasteiger partial charge in [0.25, 0.3) is 0 Å². The fourth-order valence-corrected chi connectivity index (χ4v) is 2.74.